The van der Waals surface area contributed by atoms with E-state index in [1.165, 1.54) is 0 Å². The number of aliphatic hydroxyl groups is 2. The number of benzene rings is 1. The zero-order valence-corrected chi connectivity index (χ0v) is 17.9. The van der Waals surface area contributed by atoms with E-state index < -0.39 is 5.60 Å². The molecule has 30 heavy (non-hydrogen) atoms. The largest absolute Gasteiger partial charge is 0.496 e. The number of ether oxygens (including phenoxy) is 1. The lowest BCUT2D eigenvalue weighted by atomic mass is 9.93. The van der Waals surface area contributed by atoms with Crippen molar-refractivity contribution in [3.05, 3.63) is 45.3 Å². The monoisotopic (exact) mass is 475 g/mol. The maximum absolute atomic E-state index is 12.5. The number of nitrogens with one attached hydrogen (secondary N) is 2. The molecule has 3 aromatic rings. The molecule has 1 aliphatic heterocycles. The van der Waals surface area contributed by atoms with Gasteiger partial charge in [0.1, 0.15) is 17.0 Å². The number of halogens is 1. The molecule has 0 unspecified atom stereocenters. The van der Waals surface area contributed by atoms with E-state index in [1.807, 2.05) is 17.0 Å². The standard InChI is InChI=1S/C20H22BrN5O4/c1-30-15-3-2-12(10-13(15)21)23-17-16-14(4-7-22-18(16)28)24-19(25-17)26-8-5-20(29,11-27)6-9-26/h2-4,7,10,27,29H,5-6,8-9,11H2,1H3,(H,22,28)(H,23,24,25). The Balaban J connectivity index is 1.73. The molecule has 0 aliphatic carbocycles. The van der Waals surface area contributed by atoms with Crippen molar-refractivity contribution in [1.82, 2.24) is 15.0 Å². The van der Waals surface area contributed by atoms with Crippen LogP contribution < -0.4 is 20.5 Å². The zero-order chi connectivity index (χ0) is 21.3. The minimum absolute atomic E-state index is 0.270. The van der Waals surface area contributed by atoms with Gasteiger partial charge in [-0.2, -0.15) is 4.98 Å². The highest BCUT2D eigenvalue weighted by atomic mass is 79.9. The Bertz CT molecular complexity index is 1130. The lowest BCUT2D eigenvalue weighted by Crippen LogP contribution is -2.47. The number of hydrogen-bond donors (Lipinski definition) is 4. The minimum Gasteiger partial charge on any atom is -0.496 e. The van der Waals surface area contributed by atoms with Crippen LogP contribution in [0.3, 0.4) is 0 Å². The first kappa shape index (κ1) is 20.6. The van der Waals surface area contributed by atoms with E-state index in [0.29, 0.717) is 54.3 Å². The van der Waals surface area contributed by atoms with E-state index in [9.17, 15) is 15.0 Å². The van der Waals surface area contributed by atoms with Gasteiger partial charge in [0.25, 0.3) is 5.56 Å². The van der Waals surface area contributed by atoms with Crippen molar-refractivity contribution in [2.45, 2.75) is 18.4 Å². The molecule has 0 amide bonds. The summed E-state index contributed by atoms with van der Waals surface area (Å²) in [6.45, 7) is 0.729. The van der Waals surface area contributed by atoms with E-state index in [-0.39, 0.29) is 12.2 Å². The average molecular weight is 476 g/mol. The second-order valence-electron chi connectivity index (χ2n) is 7.28. The Kier molecular flexibility index (Phi) is 5.63. The lowest BCUT2D eigenvalue weighted by molar-refractivity contribution is -0.0327. The number of methoxy groups -OCH3 is 1. The molecule has 0 saturated carbocycles. The first-order chi connectivity index (χ1) is 14.4. The van der Waals surface area contributed by atoms with Crippen molar-refractivity contribution in [2.24, 2.45) is 0 Å². The van der Waals surface area contributed by atoms with E-state index in [4.69, 9.17) is 4.74 Å². The van der Waals surface area contributed by atoms with Gasteiger partial charge in [0.05, 0.1) is 29.3 Å². The number of nitrogens with zero attached hydrogens (tertiary/aromatic N) is 3. The third-order valence-electron chi connectivity index (χ3n) is 5.29. The average Bonchev–Trinajstić information content (AvgIpc) is 2.74. The van der Waals surface area contributed by atoms with Crippen LogP contribution in [0.15, 0.2) is 39.7 Å². The third-order valence-corrected chi connectivity index (χ3v) is 5.91. The number of piperidine rings is 1. The number of fused-ring (bicyclic) bond motifs is 1. The first-order valence-corrected chi connectivity index (χ1v) is 10.3. The number of aromatic nitrogens is 3. The molecule has 0 bridgehead atoms. The van der Waals surface area contributed by atoms with Crippen LogP contribution in [-0.4, -0.2) is 57.6 Å². The summed E-state index contributed by atoms with van der Waals surface area (Å²) < 4.78 is 6.03. The van der Waals surface area contributed by atoms with Crippen molar-refractivity contribution in [3.63, 3.8) is 0 Å². The van der Waals surface area contributed by atoms with Crippen LogP contribution in [-0.2, 0) is 0 Å². The number of aliphatic hydroxyl groups excluding tert-OH is 1. The summed E-state index contributed by atoms with van der Waals surface area (Å²) in [4.78, 5) is 26.3. The predicted molar refractivity (Wildman–Crippen MR) is 118 cm³/mol. The van der Waals surface area contributed by atoms with Crippen LogP contribution >= 0.6 is 15.9 Å². The van der Waals surface area contributed by atoms with Crippen molar-refractivity contribution in [1.29, 1.82) is 0 Å². The SMILES string of the molecule is COc1ccc(Nc2nc(N3CCC(O)(CO)CC3)nc3cc[nH]c(=O)c23)cc1Br. The fraction of sp³-hybridized carbons (Fsp3) is 0.350. The fourth-order valence-corrected chi connectivity index (χ4v) is 4.01. The summed E-state index contributed by atoms with van der Waals surface area (Å²) in [7, 11) is 1.59. The van der Waals surface area contributed by atoms with Crippen LogP contribution in [0.25, 0.3) is 10.9 Å². The van der Waals surface area contributed by atoms with Gasteiger partial charge in [0.15, 0.2) is 0 Å². The highest BCUT2D eigenvalue weighted by molar-refractivity contribution is 9.10. The van der Waals surface area contributed by atoms with Crippen LogP contribution in [0, 0.1) is 0 Å². The van der Waals surface area contributed by atoms with Gasteiger partial charge in [-0.3, -0.25) is 4.79 Å². The van der Waals surface area contributed by atoms with Gasteiger partial charge < -0.3 is 30.2 Å². The summed E-state index contributed by atoms with van der Waals surface area (Å²) in [6.07, 6.45) is 2.37. The fourth-order valence-electron chi connectivity index (χ4n) is 3.47. The van der Waals surface area contributed by atoms with E-state index in [2.05, 4.69) is 36.2 Å². The van der Waals surface area contributed by atoms with E-state index in [1.54, 1.807) is 25.4 Å². The number of rotatable bonds is 5. The Morgan fingerprint density at radius 3 is 2.73 bits per heavy atom. The molecule has 0 radical (unpaired) electrons. The molecule has 3 heterocycles. The van der Waals surface area contributed by atoms with E-state index in [0.717, 1.165) is 10.2 Å². The molecule has 4 N–H and O–H groups in total. The summed E-state index contributed by atoms with van der Waals surface area (Å²) in [5, 5.41) is 23.2. The minimum atomic E-state index is -1.07. The lowest BCUT2D eigenvalue weighted by Gasteiger charge is -2.37. The molecule has 1 aliphatic rings. The smallest absolute Gasteiger partial charge is 0.261 e. The number of aromatic amines is 1. The molecule has 158 valence electrons. The molecule has 9 nitrogen and oxygen atoms in total. The van der Waals surface area contributed by atoms with Crippen molar-refractivity contribution >= 4 is 44.3 Å². The molecule has 1 aromatic carbocycles. The maximum Gasteiger partial charge on any atom is 0.261 e. The molecule has 4 rings (SSSR count). The Morgan fingerprint density at radius 2 is 2.07 bits per heavy atom. The van der Waals surface area contributed by atoms with Gasteiger partial charge in [0.2, 0.25) is 5.95 Å². The Hall–Kier alpha value is -2.69. The molecule has 0 spiro atoms. The summed E-state index contributed by atoms with van der Waals surface area (Å²) in [5.41, 5.74) is -0.115. The van der Waals surface area contributed by atoms with Crippen molar-refractivity contribution in [2.75, 3.05) is 37.0 Å². The molecule has 0 atom stereocenters. The topological polar surface area (TPSA) is 124 Å². The number of anilines is 3. The molecule has 10 heteroatoms. The normalized spacial score (nSPS) is 15.9. The molecule has 1 saturated heterocycles. The number of pyridine rings is 1. The molecule has 2 aromatic heterocycles. The quantitative estimate of drug-likeness (QED) is 0.442. The van der Waals surface area contributed by atoms with Crippen LogP contribution in [0.5, 0.6) is 5.75 Å². The maximum atomic E-state index is 12.5. The summed E-state index contributed by atoms with van der Waals surface area (Å²) in [6, 6.07) is 7.20. The number of hydrogen-bond acceptors (Lipinski definition) is 8. The van der Waals surface area contributed by atoms with Gasteiger partial charge in [0, 0.05) is 25.0 Å². The van der Waals surface area contributed by atoms with Crippen LogP contribution in [0.1, 0.15) is 12.8 Å². The highest BCUT2D eigenvalue weighted by Crippen LogP contribution is 2.31. The molecular formula is C20H22BrN5O4. The Morgan fingerprint density at radius 1 is 1.30 bits per heavy atom. The Labute approximate surface area is 180 Å². The summed E-state index contributed by atoms with van der Waals surface area (Å²) in [5.74, 6) is 1.54. The van der Waals surface area contributed by atoms with Crippen LogP contribution in [0.2, 0.25) is 0 Å². The zero-order valence-electron chi connectivity index (χ0n) is 16.4. The highest BCUT2D eigenvalue weighted by Gasteiger charge is 2.32. The van der Waals surface area contributed by atoms with Gasteiger partial charge in [-0.15, -0.1) is 0 Å². The first-order valence-electron chi connectivity index (χ1n) is 9.51. The van der Waals surface area contributed by atoms with Gasteiger partial charge in [-0.1, -0.05) is 0 Å². The second-order valence-corrected chi connectivity index (χ2v) is 8.14. The molecule has 1 fully saturated rings. The molecular weight excluding hydrogens is 454 g/mol. The van der Waals surface area contributed by atoms with Crippen molar-refractivity contribution in [3.8, 4) is 5.75 Å². The second kappa shape index (κ2) is 8.21. The van der Waals surface area contributed by atoms with Crippen LogP contribution in [0.4, 0.5) is 17.5 Å². The third kappa shape index (κ3) is 3.98. The van der Waals surface area contributed by atoms with Gasteiger partial charge >= 0.3 is 0 Å². The summed E-state index contributed by atoms with van der Waals surface area (Å²) >= 11 is 3.46. The van der Waals surface area contributed by atoms with E-state index >= 15 is 0 Å². The number of H-pyrrole nitrogens is 1. The van der Waals surface area contributed by atoms with Crippen molar-refractivity contribution < 1.29 is 14.9 Å². The van der Waals surface area contributed by atoms with Gasteiger partial charge in [-0.05, 0) is 53.0 Å². The predicted octanol–water partition coefficient (Wildman–Crippen LogP) is 2.16. The van der Waals surface area contributed by atoms with Gasteiger partial charge in [-0.25, -0.2) is 4.98 Å².